The van der Waals surface area contributed by atoms with Gasteiger partial charge in [0.05, 0.1) is 0 Å². The summed E-state index contributed by atoms with van der Waals surface area (Å²) in [5.74, 6) is 0.455. The van der Waals surface area contributed by atoms with Crippen molar-refractivity contribution in [3.05, 3.63) is 43.0 Å². The molecule has 1 amide bonds. The van der Waals surface area contributed by atoms with Crippen molar-refractivity contribution >= 4 is 11.6 Å². The second-order valence-electron chi connectivity index (χ2n) is 5.73. The van der Waals surface area contributed by atoms with Crippen molar-refractivity contribution < 1.29 is 4.79 Å². The van der Waals surface area contributed by atoms with E-state index < -0.39 is 0 Å². The number of nitrogens with two attached hydrogens (primary N) is 1. The normalized spacial score (nSPS) is 20.8. The molecular weight excluding hydrogens is 276 g/mol. The number of carbonyl (C=O) groups excluding carboxylic acids is 1. The summed E-state index contributed by atoms with van der Waals surface area (Å²) in [5.41, 5.74) is 8.55. The van der Waals surface area contributed by atoms with Gasteiger partial charge in [-0.25, -0.2) is 9.97 Å². The lowest BCUT2D eigenvalue weighted by molar-refractivity contribution is -0.120. The topological polar surface area (TPSA) is 80.9 Å². The average molecular weight is 296 g/mol. The van der Waals surface area contributed by atoms with E-state index in [0.29, 0.717) is 12.5 Å². The van der Waals surface area contributed by atoms with E-state index in [1.807, 2.05) is 24.3 Å². The highest BCUT2D eigenvalue weighted by Crippen LogP contribution is 2.32. The lowest BCUT2D eigenvalue weighted by Gasteiger charge is -2.17. The van der Waals surface area contributed by atoms with Crippen LogP contribution in [0, 0.1) is 11.8 Å². The number of amides is 1. The molecule has 0 bridgehead atoms. The third-order valence-electron chi connectivity index (χ3n) is 4.34. The molecular formula is C17H20N4O. The van der Waals surface area contributed by atoms with Gasteiger partial charge in [0.1, 0.15) is 6.33 Å². The number of nitrogens with one attached hydrogen (secondary N) is 1. The molecule has 0 saturated heterocycles. The molecule has 0 spiro atoms. The smallest absolute Gasteiger partial charge is 0.227 e. The number of benzene rings is 1. The van der Waals surface area contributed by atoms with Crippen molar-refractivity contribution in [1.29, 1.82) is 0 Å². The van der Waals surface area contributed by atoms with Crippen LogP contribution >= 0.6 is 0 Å². The SMILES string of the molecule is NC[C@H]1CCC[C@H]1C(=O)Nc1ccc(-c2cncnc2)cc1. The van der Waals surface area contributed by atoms with Crippen LogP contribution in [0.25, 0.3) is 11.1 Å². The minimum absolute atomic E-state index is 0.0483. The second kappa shape index (κ2) is 6.66. The molecule has 1 aliphatic carbocycles. The van der Waals surface area contributed by atoms with Crippen LogP contribution in [0.3, 0.4) is 0 Å². The summed E-state index contributed by atoms with van der Waals surface area (Å²) in [5, 5.41) is 3.00. The number of carbonyl (C=O) groups is 1. The van der Waals surface area contributed by atoms with Crippen LogP contribution in [0.2, 0.25) is 0 Å². The highest BCUT2D eigenvalue weighted by atomic mass is 16.1. The fourth-order valence-corrected chi connectivity index (χ4v) is 3.09. The molecule has 1 saturated carbocycles. The van der Waals surface area contributed by atoms with Crippen LogP contribution in [-0.4, -0.2) is 22.4 Å². The van der Waals surface area contributed by atoms with Crippen molar-refractivity contribution in [2.24, 2.45) is 17.6 Å². The monoisotopic (exact) mass is 296 g/mol. The summed E-state index contributed by atoms with van der Waals surface area (Å²) in [4.78, 5) is 20.4. The van der Waals surface area contributed by atoms with E-state index in [4.69, 9.17) is 5.73 Å². The lowest BCUT2D eigenvalue weighted by Crippen LogP contribution is -2.29. The Bertz CT molecular complexity index is 627. The Morgan fingerprint density at radius 1 is 1.14 bits per heavy atom. The number of hydrogen-bond acceptors (Lipinski definition) is 4. The van der Waals surface area contributed by atoms with Gasteiger partial charge in [0, 0.05) is 29.6 Å². The summed E-state index contributed by atoms with van der Waals surface area (Å²) in [6.45, 7) is 0.588. The molecule has 114 valence electrons. The van der Waals surface area contributed by atoms with Gasteiger partial charge in [-0.3, -0.25) is 4.79 Å². The van der Waals surface area contributed by atoms with Gasteiger partial charge in [-0.15, -0.1) is 0 Å². The predicted molar refractivity (Wildman–Crippen MR) is 86.0 cm³/mol. The van der Waals surface area contributed by atoms with Crippen LogP contribution in [0.1, 0.15) is 19.3 Å². The Morgan fingerprint density at radius 3 is 2.55 bits per heavy atom. The molecule has 2 aromatic rings. The minimum atomic E-state index is 0.0483. The Morgan fingerprint density at radius 2 is 1.86 bits per heavy atom. The van der Waals surface area contributed by atoms with E-state index in [0.717, 1.165) is 36.1 Å². The van der Waals surface area contributed by atoms with Crippen LogP contribution in [0.5, 0.6) is 0 Å². The molecule has 22 heavy (non-hydrogen) atoms. The van der Waals surface area contributed by atoms with Crippen LogP contribution < -0.4 is 11.1 Å². The first kappa shape index (κ1) is 14.7. The molecule has 5 heteroatoms. The lowest BCUT2D eigenvalue weighted by atomic mass is 9.95. The van der Waals surface area contributed by atoms with Crippen molar-refractivity contribution in [3.63, 3.8) is 0 Å². The molecule has 2 atom stereocenters. The highest BCUT2D eigenvalue weighted by Gasteiger charge is 2.31. The van der Waals surface area contributed by atoms with Gasteiger partial charge in [0.25, 0.3) is 0 Å². The van der Waals surface area contributed by atoms with Gasteiger partial charge in [0.15, 0.2) is 0 Å². The number of anilines is 1. The molecule has 0 unspecified atom stereocenters. The third-order valence-corrected chi connectivity index (χ3v) is 4.34. The maximum absolute atomic E-state index is 12.4. The fourth-order valence-electron chi connectivity index (χ4n) is 3.09. The zero-order valence-corrected chi connectivity index (χ0v) is 12.4. The molecule has 1 fully saturated rings. The Labute approximate surface area is 130 Å². The first-order valence-corrected chi connectivity index (χ1v) is 7.64. The minimum Gasteiger partial charge on any atom is -0.330 e. The summed E-state index contributed by atoms with van der Waals surface area (Å²) in [6, 6.07) is 7.74. The van der Waals surface area contributed by atoms with Gasteiger partial charge >= 0.3 is 0 Å². The summed E-state index contributed by atoms with van der Waals surface area (Å²) >= 11 is 0. The Hall–Kier alpha value is -2.27. The molecule has 1 heterocycles. The number of nitrogens with zero attached hydrogens (tertiary/aromatic N) is 2. The van der Waals surface area contributed by atoms with Crippen molar-refractivity contribution in [1.82, 2.24) is 9.97 Å². The van der Waals surface area contributed by atoms with Crippen molar-refractivity contribution in [2.45, 2.75) is 19.3 Å². The van der Waals surface area contributed by atoms with Crippen molar-refractivity contribution in [2.75, 3.05) is 11.9 Å². The molecule has 5 nitrogen and oxygen atoms in total. The van der Waals surface area contributed by atoms with Gasteiger partial charge in [0.2, 0.25) is 5.91 Å². The first-order valence-electron chi connectivity index (χ1n) is 7.64. The quantitative estimate of drug-likeness (QED) is 0.908. The van der Waals surface area contributed by atoms with Gasteiger partial charge in [-0.2, -0.15) is 0 Å². The summed E-state index contributed by atoms with van der Waals surface area (Å²) < 4.78 is 0. The zero-order valence-electron chi connectivity index (χ0n) is 12.4. The standard InChI is InChI=1S/C17H20N4O/c18-8-13-2-1-3-16(13)17(22)21-15-6-4-12(5-7-15)14-9-19-11-20-10-14/h4-7,9-11,13,16H,1-3,8,18H2,(H,21,22)/t13-,16-/m1/s1. The number of aromatic nitrogens is 2. The van der Waals surface area contributed by atoms with E-state index in [2.05, 4.69) is 15.3 Å². The number of hydrogen-bond donors (Lipinski definition) is 2. The Balaban J connectivity index is 1.67. The van der Waals surface area contributed by atoms with E-state index in [-0.39, 0.29) is 11.8 Å². The molecule has 3 rings (SSSR count). The van der Waals surface area contributed by atoms with E-state index in [1.54, 1.807) is 12.4 Å². The van der Waals surface area contributed by atoms with Gasteiger partial charge in [-0.1, -0.05) is 18.6 Å². The highest BCUT2D eigenvalue weighted by molar-refractivity contribution is 5.93. The maximum Gasteiger partial charge on any atom is 0.227 e. The maximum atomic E-state index is 12.4. The zero-order chi connectivity index (χ0) is 15.4. The van der Waals surface area contributed by atoms with Crippen molar-refractivity contribution in [3.8, 4) is 11.1 Å². The predicted octanol–water partition coefficient (Wildman–Crippen LogP) is 2.46. The van der Waals surface area contributed by atoms with E-state index in [1.165, 1.54) is 6.33 Å². The molecule has 1 aromatic carbocycles. The Kier molecular flexibility index (Phi) is 4.44. The second-order valence-corrected chi connectivity index (χ2v) is 5.73. The van der Waals surface area contributed by atoms with Crippen LogP contribution in [-0.2, 0) is 4.79 Å². The van der Waals surface area contributed by atoms with Crippen LogP contribution in [0.4, 0.5) is 5.69 Å². The largest absolute Gasteiger partial charge is 0.330 e. The van der Waals surface area contributed by atoms with Crippen LogP contribution in [0.15, 0.2) is 43.0 Å². The van der Waals surface area contributed by atoms with Gasteiger partial charge in [-0.05, 0) is 43.0 Å². The van der Waals surface area contributed by atoms with E-state index >= 15 is 0 Å². The number of rotatable bonds is 4. The third kappa shape index (κ3) is 3.14. The molecule has 1 aliphatic rings. The molecule has 1 aromatic heterocycles. The fraction of sp³-hybridized carbons (Fsp3) is 0.353. The van der Waals surface area contributed by atoms with E-state index in [9.17, 15) is 4.79 Å². The summed E-state index contributed by atoms with van der Waals surface area (Å²) in [7, 11) is 0. The summed E-state index contributed by atoms with van der Waals surface area (Å²) in [6.07, 6.45) is 8.13. The average Bonchev–Trinajstić information content (AvgIpc) is 3.05. The van der Waals surface area contributed by atoms with Gasteiger partial charge < -0.3 is 11.1 Å². The molecule has 0 aliphatic heterocycles. The molecule has 0 radical (unpaired) electrons. The molecule has 3 N–H and O–H groups in total. The first-order chi connectivity index (χ1) is 10.8.